The SMILES string of the molecule is CCCCC1=CC=NC1=O. The zero-order chi connectivity index (χ0) is 7.40. The summed E-state index contributed by atoms with van der Waals surface area (Å²) in [6.45, 7) is 2.11. The van der Waals surface area contributed by atoms with Gasteiger partial charge >= 0.3 is 0 Å². The van der Waals surface area contributed by atoms with Crippen molar-refractivity contribution in [3.8, 4) is 0 Å². The normalized spacial score (nSPS) is 16.1. The zero-order valence-electron chi connectivity index (χ0n) is 6.13. The van der Waals surface area contributed by atoms with Crippen molar-refractivity contribution in [1.29, 1.82) is 0 Å². The van der Waals surface area contributed by atoms with E-state index in [1.807, 2.05) is 0 Å². The Bertz CT molecular complexity index is 191. The first-order valence-corrected chi connectivity index (χ1v) is 3.62. The van der Waals surface area contributed by atoms with Crippen LogP contribution >= 0.6 is 0 Å². The Morgan fingerprint density at radius 1 is 1.60 bits per heavy atom. The molecule has 0 aromatic carbocycles. The van der Waals surface area contributed by atoms with E-state index in [0.717, 1.165) is 24.8 Å². The molecule has 1 aliphatic heterocycles. The number of amides is 1. The fourth-order valence-corrected chi connectivity index (χ4v) is 0.907. The van der Waals surface area contributed by atoms with Gasteiger partial charge < -0.3 is 0 Å². The second kappa shape index (κ2) is 3.30. The molecule has 0 spiro atoms. The van der Waals surface area contributed by atoms with E-state index in [4.69, 9.17) is 0 Å². The summed E-state index contributed by atoms with van der Waals surface area (Å²) in [5.41, 5.74) is 0.863. The van der Waals surface area contributed by atoms with E-state index in [2.05, 4.69) is 11.9 Å². The van der Waals surface area contributed by atoms with E-state index < -0.39 is 0 Å². The second-order valence-electron chi connectivity index (χ2n) is 2.38. The number of nitrogens with zero attached hydrogens (tertiary/aromatic N) is 1. The van der Waals surface area contributed by atoms with Gasteiger partial charge in [-0.3, -0.25) is 4.79 Å². The second-order valence-corrected chi connectivity index (χ2v) is 2.38. The van der Waals surface area contributed by atoms with Crippen LogP contribution in [-0.2, 0) is 4.79 Å². The summed E-state index contributed by atoms with van der Waals surface area (Å²) in [7, 11) is 0. The lowest BCUT2D eigenvalue weighted by molar-refractivity contribution is -0.114. The highest BCUT2D eigenvalue weighted by atomic mass is 16.1. The van der Waals surface area contributed by atoms with Crippen molar-refractivity contribution in [3.63, 3.8) is 0 Å². The summed E-state index contributed by atoms with van der Waals surface area (Å²) in [6, 6.07) is 0. The van der Waals surface area contributed by atoms with Crippen molar-refractivity contribution in [2.45, 2.75) is 26.2 Å². The fourth-order valence-electron chi connectivity index (χ4n) is 0.907. The number of rotatable bonds is 3. The average molecular weight is 137 g/mol. The van der Waals surface area contributed by atoms with Gasteiger partial charge in [0, 0.05) is 11.8 Å². The molecule has 0 atom stereocenters. The van der Waals surface area contributed by atoms with E-state index >= 15 is 0 Å². The largest absolute Gasteiger partial charge is 0.272 e. The van der Waals surface area contributed by atoms with Gasteiger partial charge in [0.2, 0.25) is 0 Å². The van der Waals surface area contributed by atoms with Crippen LogP contribution in [-0.4, -0.2) is 12.1 Å². The summed E-state index contributed by atoms with van der Waals surface area (Å²) in [6.07, 6.45) is 6.48. The number of unbranched alkanes of at least 4 members (excludes halogenated alkanes) is 1. The average Bonchev–Trinajstić information content (AvgIpc) is 2.31. The molecule has 0 saturated heterocycles. The van der Waals surface area contributed by atoms with Gasteiger partial charge in [-0.1, -0.05) is 13.3 Å². The van der Waals surface area contributed by atoms with Crippen molar-refractivity contribution >= 4 is 12.1 Å². The van der Waals surface area contributed by atoms with Crippen molar-refractivity contribution in [3.05, 3.63) is 11.6 Å². The molecule has 1 amide bonds. The van der Waals surface area contributed by atoms with Gasteiger partial charge in [-0.15, -0.1) is 0 Å². The first-order valence-electron chi connectivity index (χ1n) is 3.62. The molecule has 1 heterocycles. The van der Waals surface area contributed by atoms with Crippen LogP contribution in [0.4, 0.5) is 0 Å². The highest BCUT2D eigenvalue weighted by Gasteiger charge is 2.09. The van der Waals surface area contributed by atoms with Crippen molar-refractivity contribution < 1.29 is 4.79 Å². The van der Waals surface area contributed by atoms with Crippen molar-refractivity contribution in [2.24, 2.45) is 4.99 Å². The zero-order valence-corrected chi connectivity index (χ0v) is 6.13. The van der Waals surface area contributed by atoms with Crippen LogP contribution in [0.1, 0.15) is 26.2 Å². The maximum atomic E-state index is 10.8. The minimum atomic E-state index is -0.0477. The Labute approximate surface area is 60.7 Å². The Balaban J connectivity index is 2.37. The summed E-state index contributed by atoms with van der Waals surface area (Å²) in [4.78, 5) is 14.4. The van der Waals surface area contributed by atoms with Gasteiger partial charge in [-0.05, 0) is 18.9 Å². The van der Waals surface area contributed by atoms with E-state index in [1.165, 1.54) is 0 Å². The molecule has 1 aliphatic rings. The number of hydrogen-bond donors (Lipinski definition) is 0. The predicted octanol–water partition coefficient (Wildman–Crippen LogP) is 1.71. The molecular formula is C8H11NO. The molecule has 0 aliphatic carbocycles. The van der Waals surface area contributed by atoms with E-state index in [-0.39, 0.29) is 5.91 Å². The van der Waals surface area contributed by atoms with E-state index in [0.29, 0.717) is 0 Å². The molecule has 0 aromatic heterocycles. The minimum Gasteiger partial charge on any atom is -0.267 e. The summed E-state index contributed by atoms with van der Waals surface area (Å²) < 4.78 is 0. The number of hydrogen-bond acceptors (Lipinski definition) is 1. The number of carbonyl (C=O) groups excluding carboxylic acids is 1. The third-order valence-corrected chi connectivity index (χ3v) is 1.54. The van der Waals surface area contributed by atoms with E-state index in [9.17, 15) is 4.79 Å². The lowest BCUT2D eigenvalue weighted by Crippen LogP contribution is -1.93. The lowest BCUT2D eigenvalue weighted by atomic mass is 10.1. The van der Waals surface area contributed by atoms with Crippen LogP contribution < -0.4 is 0 Å². The molecule has 0 radical (unpaired) electrons. The number of aliphatic imine (C=N–C) groups is 1. The topological polar surface area (TPSA) is 29.4 Å². The molecule has 0 bridgehead atoms. The van der Waals surface area contributed by atoms with Crippen LogP contribution in [0.25, 0.3) is 0 Å². The highest BCUT2D eigenvalue weighted by Crippen LogP contribution is 2.11. The van der Waals surface area contributed by atoms with Crippen LogP contribution in [0, 0.1) is 0 Å². The molecule has 0 unspecified atom stereocenters. The molecule has 10 heavy (non-hydrogen) atoms. The van der Waals surface area contributed by atoms with Crippen molar-refractivity contribution in [1.82, 2.24) is 0 Å². The molecule has 1 rings (SSSR count). The summed E-state index contributed by atoms with van der Waals surface area (Å²) >= 11 is 0. The predicted molar refractivity (Wildman–Crippen MR) is 41.1 cm³/mol. The van der Waals surface area contributed by atoms with Crippen LogP contribution in [0.3, 0.4) is 0 Å². The summed E-state index contributed by atoms with van der Waals surface area (Å²) in [5.74, 6) is -0.0477. The minimum absolute atomic E-state index is 0.0477. The molecule has 0 N–H and O–H groups in total. The van der Waals surface area contributed by atoms with Gasteiger partial charge in [0.15, 0.2) is 0 Å². The van der Waals surface area contributed by atoms with Crippen molar-refractivity contribution in [2.75, 3.05) is 0 Å². The Morgan fingerprint density at radius 2 is 2.40 bits per heavy atom. The molecule has 54 valence electrons. The fraction of sp³-hybridized carbons (Fsp3) is 0.500. The maximum absolute atomic E-state index is 10.8. The molecule has 0 aromatic rings. The quantitative estimate of drug-likeness (QED) is 0.582. The lowest BCUT2D eigenvalue weighted by Gasteiger charge is -1.94. The maximum Gasteiger partial charge on any atom is 0.272 e. The van der Waals surface area contributed by atoms with Crippen LogP contribution in [0.5, 0.6) is 0 Å². The van der Waals surface area contributed by atoms with Gasteiger partial charge in [0.1, 0.15) is 0 Å². The molecule has 2 heteroatoms. The standard InChI is InChI=1S/C8H11NO/c1-2-3-4-7-5-6-9-8(7)10/h5-6H,2-4H2,1H3. The number of allylic oxidation sites excluding steroid dienone is 1. The van der Waals surface area contributed by atoms with Crippen LogP contribution in [0.15, 0.2) is 16.6 Å². The van der Waals surface area contributed by atoms with E-state index in [1.54, 1.807) is 12.3 Å². The Hall–Kier alpha value is -0.920. The smallest absolute Gasteiger partial charge is 0.267 e. The monoisotopic (exact) mass is 137 g/mol. The van der Waals surface area contributed by atoms with Gasteiger partial charge in [0.25, 0.3) is 5.91 Å². The third-order valence-electron chi connectivity index (χ3n) is 1.54. The van der Waals surface area contributed by atoms with Gasteiger partial charge in [0.05, 0.1) is 0 Å². The molecule has 2 nitrogen and oxygen atoms in total. The molecule has 0 fully saturated rings. The first-order chi connectivity index (χ1) is 4.84. The Kier molecular flexibility index (Phi) is 2.37. The first kappa shape index (κ1) is 7.19. The summed E-state index contributed by atoms with van der Waals surface area (Å²) in [5, 5.41) is 0. The third kappa shape index (κ3) is 1.53. The van der Waals surface area contributed by atoms with Gasteiger partial charge in [-0.2, -0.15) is 0 Å². The molecular weight excluding hydrogens is 126 g/mol. The number of carbonyl (C=O) groups is 1. The molecule has 0 saturated carbocycles. The Morgan fingerprint density at radius 3 is 2.90 bits per heavy atom. The highest BCUT2D eigenvalue weighted by molar-refractivity contribution is 6.07. The van der Waals surface area contributed by atoms with Crippen LogP contribution in [0.2, 0.25) is 0 Å². The van der Waals surface area contributed by atoms with Gasteiger partial charge in [-0.25, -0.2) is 4.99 Å².